The Labute approximate surface area is 171 Å². The average molecular weight is 508 g/mol. The first-order valence-electron chi connectivity index (χ1n) is 7.67. The van der Waals surface area contributed by atoms with Gasteiger partial charge in [-0.25, -0.2) is 18.5 Å². The third-order valence-corrected chi connectivity index (χ3v) is 7.36. The number of hydrogen-bond donors (Lipinski definition) is 7. The number of hydrogen-bond acceptors (Lipinski definition) is 11. The van der Waals surface area contributed by atoms with E-state index in [1.165, 1.54) is 0 Å². The second-order valence-electron chi connectivity index (χ2n) is 5.79. The molecule has 1 aliphatic rings. The van der Waals surface area contributed by atoms with Gasteiger partial charge in [0.2, 0.25) is 0 Å². The van der Waals surface area contributed by atoms with Crippen molar-refractivity contribution in [3.05, 3.63) is 32.6 Å². The van der Waals surface area contributed by atoms with Crippen LogP contribution in [0.15, 0.2) is 15.8 Å². The second kappa shape index (κ2) is 9.18. The molecule has 1 saturated heterocycles. The monoisotopic (exact) mass is 508 g/mol. The molecule has 174 valence electrons. The maximum atomic E-state index is 11.9. The molecule has 6 atom stereocenters. The molecule has 1 aromatic heterocycles. The van der Waals surface area contributed by atoms with E-state index in [1.807, 2.05) is 10.9 Å². The predicted octanol–water partition coefficient (Wildman–Crippen LogP) is -2.52. The topological polar surface area (TPSA) is 264 Å². The fraction of sp³-hybridized carbons (Fsp3) is 0.455. The van der Waals surface area contributed by atoms with Crippen molar-refractivity contribution in [2.24, 2.45) is 0 Å². The van der Waals surface area contributed by atoms with Crippen molar-refractivity contribution in [2.45, 2.75) is 24.5 Å². The molecule has 0 amide bonds. The zero-order valence-electron chi connectivity index (χ0n) is 14.8. The summed E-state index contributed by atoms with van der Waals surface area (Å²) < 4.78 is 50.7. The van der Waals surface area contributed by atoms with E-state index in [9.17, 15) is 38.4 Å². The van der Waals surface area contributed by atoms with Gasteiger partial charge >= 0.3 is 29.2 Å². The summed E-state index contributed by atoms with van der Waals surface area (Å²) in [5, 5.41) is 20.1. The van der Waals surface area contributed by atoms with Gasteiger partial charge in [-0.1, -0.05) is 5.92 Å². The summed E-state index contributed by atoms with van der Waals surface area (Å²) in [6.45, 7) is -1.08. The van der Waals surface area contributed by atoms with E-state index in [0.717, 1.165) is 6.20 Å². The summed E-state index contributed by atoms with van der Waals surface area (Å²) in [7, 11) is -16.9. The van der Waals surface area contributed by atoms with Crippen molar-refractivity contribution in [3.8, 4) is 12.3 Å². The Morgan fingerprint density at radius 1 is 1.10 bits per heavy atom. The van der Waals surface area contributed by atoms with Gasteiger partial charge in [0.25, 0.3) is 5.56 Å². The fourth-order valence-corrected chi connectivity index (χ4v) is 5.37. The number of phosphoric ester groups is 1. The molecule has 0 aliphatic carbocycles. The molecule has 1 aromatic rings. The van der Waals surface area contributed by atoms with Gasteiger partial charge in [0.1, 0.15) is 23.9 Å². The zero-order valence-corrected chi connectivity index (χ0v) is 17.5. The van der Waals surface area contributed by atoms with Crippen LogP contribution in [-0.2, 0) is 31.6 Å². The van der Waals surface area contributed by atoms with Crippen molar-refractivity contribution in [1.29, 1.82) is 0 Å². The lowest BCUT2D eigenvalue weighted by Crippen LogP contribution is -2.38. The van der Waals surface area contributed by atoms with Gasteiger partial charge in [-0.3, -0.25) is 18.9 Å². The first kappa shape index (κ1) is 25.8. The van der Waals surface area contributed by atoms with E-state index in [-0.39, 0.29) is 5.56 Å². The smallest absolute Gasteiger partial charge is 0.387 e. The quantitative estimate of drug-likeness (QED) is 0.141. The Morgan fingerprint density at radius 2 is 1.71 bits per heavy atom. The highest BCUT2D eigenvalue weighted by Gasteiger charge is 2.46. The molecule has 20 heteroatoms. The second-order valence-corrected chi connectivity index (χ2v) is 10.2. The van der Waals surface area contributed by atoms with Crippen molar-refractivity contribution >= 4 is 23.5 Å². The minimum absolute atomic E-state index is 0.318. The standard InChI is InChI=1S/C11H15N2O15P3/c1-2-5-3-13(11(17)12-9(5)16)10-8(15)7(14)6(26-10)4-25-30(21,22)28-31(23,24)27-29(18,19)20/h1,3,6-8,10,14-15H,4H2,(H,21,22)(H,23,24)(H,12,16,17)(H2,18,19,20)/t6-,7+,8?,10-/m1/s1. The van der Waals surface area contributed by atoms with Crippen molar-refractivity contribution < 1.29 is 61.4 Å². The van der Waals surface area contributed by atoms with Crippen molar-refractivity contribution in [3.63, 3.8) is 0 Å². The minimum Gasteiger partial charge on any atom is -0.387 e. The number of nitrogens with one attached hydrogen (secondary N) is 1. The van der Waals surface area contributed by atoms with Gasteiger partial charge in [-0.2, -0.15) is 8.62 Å². The first-order valence-corrected chi connectivity index (χ1v) is 12.2. The van der Waals surface area contributed by atoms with Gasteiger partial charge in [0, 0.05) is 6.20 Å². The number of aliphatic hydroxyl groups excluding tert-OH is 2. The third-order valence-electron chi connectivity index (χ3n) is 3.55. The maximum absolute atomic E-state index is 11.9. The van der Waals surface area contributed by atoms with E-state index in [0.29, 0.717) is 4.57 Å². The normalized spacial score (nSPS) is 27.9. The van der Waals surface area contributed by atoms with E-state index >= 15 is 0 Å². The highest BCUT2D eigenvalue weighted by Crippen LogP contribution is 2.66. The summed E-state index contributed by atoms with van der Waals surface area (Å²) in [5.41, 5.74) is -2.30. The summed E-state index contributed by atoms with van der Waals surface area (Å²) >= 11 is 0. The van der Waals surface area contributed by atoms with Crippen molar-refractivity contribution in [2.75, 3.05) is 6.61 Å². The SMILES string of the molecule is C#Cc1cn([C@@H]2O[C@H](COP(=O)(O)OP(=O)(O)OP(=O)(O)O)[C@H](O)C2O)c(=O)[nH]c1=O. The number of terminal acetylenes is 1. The Hall–Kier alpha value is -1.47. The number of aliphatic hydroxyl groups is 2. The molecule has 0 bridgehead atoms. The molecular weight excluding hydrogens is 493 g/mol. The number of aromatic nitrogens is 2. The summed E-state index contributed by atoms with van der Waals surface area (Å²) in [6, 6.07) is 0. The molecule has 2 rings (SSSR count). The Kier molecular flexibility index (Phi) is 7.64. The number of aromatic amines is 1. The van der Waals surface area contributed by atoms with Crippen LogP contribution in [-0.4, -0.2) is 64.3 Å². The number of rotatable bonds is 8. The van der Waals surface area contributed by atoms with Gasteiger partial charge < -0.3 is 34.5 Å². The van der Waals surface area contributed by atoms with Crippen molar-refractivity contribution in [1.82, 2.24) is 9.55 Å². The molecule has 2 heterocycles. The average Bonchev–Trinajstić information content (AvgIpc) is 2.85. The lowest BCUT2D eigenvalue weighted by atomic mass is 10.1. The van der Waals surface area contributed by atoms with Crippen LogP contribution in [0.3, 0.4) is 0 Å². The van der Waals surface area contributed by atoms with E-state index in [4.69, 9.17) is 25.8 Å². The zero-order chi connectivity index (χ0) is 23.8. The number of nitrogens with zero attached hydrogens (tertiary/aromatic N) is 1. The van der Waals surface area contributed by atoms with Gasteiger partial charge in [0.15, 0.2) is 6.23 Å². The van der Waals surface area contributed by atoms with Crippen LogP contribution in [0.4, 0.5) is 0 Å². The number of phosphoric acid groups is 3. The van der Waals surface area contributed by atoms with E-state index < -0.39 is 65.9 Å². The Bertz CT molecular complexity index is 1130. The number of ether oxygens (including phenoxy) is 1. The predicted molar refractivity (Wildman–Crippen MR) is 95.0 cm³/mol. The summed E-state index contributed by atoms with van der Waals surface area (Å²) in [4.78, 5) is 60.7. The Balaban J connectivity index is 2.13. The third kappa shape index (κ3) is 6.75. The highest BCUT2D eigenvalue weighted by molar-refractivity contribution is 7.66. The molecule has 0 spiro atoms. The van der Waals surface area contributed by atoms with E-state index in [2.05, 4.69) is 13.1 Å². The van der Waals surface area contributed by atoms with Crippen LogP contribution < -0.4 is 11.2 Å². The van der Waals surface area contributed by atoms with Crippen LogP contribution >= 0.6 is 23.5 Å². The minimum atomic E-state index is -5.76. The summed E-state index contributed by atoms with van der Waals surface area (Å²) in [5.74, 6) is 1.97. The molecule has 0 saturated carbocycles. The van der Waals surface area contributed by atoms with Gasteiger partial charge in [-0.05, 0) is 0 Å². The molecular formula is C11H15N2O15P3. The summed E-state index contributed by atoms with van der Waals surface area (Å²) in [6.07, 6.45) is -0.975. The molecule has 0 radical (unpaired) electrons. The van der Waals surface area contributed by atoms with Crippen LogP contribution in [0.2, 0.25) is 0 Å². The fourth-order valence-electron chi connectivity index (χ4n) is 2.34. The Morgan fingerprint density at radius 3 is 2.26 bits per heavy atom. The molecule has 7 N–H and O–H groups in total. The lowest BCUT2D eigenvalue weighted by Gasteiger charge is -2.19. The number of H-pyrrole nitrogens is 1. The van der Waals surface area contributed by atoms with Gasteiger partial charge in [-0.15, -0.1) is 6.42 Å². The molecule has 17 nitrogen and oxygen atoms in total. The van der Waals surface area contributed by atoms with E-state index in [1.54, 1.807) is 0 Å². The molecule has 1 fully saturated rings. The first-order chi connectivity index (χ1) is 14.1. The lowest BCUT2D eigenvalue weighted by molar-refractivity contribution is -0.0542. The van der Waals surface area contributed by atoms with Crippen LogP contribution in [0.1, 0.15) is 11.8 Å². The largest absolute Gasteiger partial charge is 0.490 e. The van der Waals surface area contributed by atoms with Crippen LogP contribution in [0, 0.1) is 12.3 Å². The molecule has 3 unspecified atom stereocenters. The highest BCUT2D eigenvalue weighted by atomic mass is 31.3. The van der Waals surface area contributed by atoms with Gasteiger partial charge in [0.05, 0.1) is 6.61 Å². The molecule has 1 aliphatic heterocycles. The maximum Gasteiger partial charge on any atom is 0.490 e. The van der Waals surface area contributed by atoms with Crippen LogP contribution in [0.25, 0.3) is 0 Å². The van der Waals surface area contributed by atoms with Crippen LogP contribution in [0.5, 0.6) is 0 Å². The molecule has 31 heavy (non-hydrogen) atoms. The molecule has 0 aromatic carbocycles.